The SMILES string of the molecule is COCc1csc(NC(=O)c2nc(C)sc2Nc2cc(F)cc(F)c2)n1. The molecule has 10 heteroatoms. The van der Waals surface area contributed by atoms with E-state index in [4.69, 9.17) is 4.74 Å². The lowest BCUT2D eigenvalue weighted by atomic mass is 10.3. The Kier molecular flexibility index (Phi) is 5.55. The largest absolute Gasteiger partial charge is 0.378 e. The number of aryl methyl sites for hydroxylation is 1. The molecule has 2 aromatic heterocycles. The van der Waals surface area contributed by atoms with E-state index in [-0.39, 0.29) is 11.4 Å². The van der Waals surface area contributed by atoms with Gasteiger partial charge in [-0.1, -0.05) is 0 Å². The van der Waals surface area contributed by atoms with Crippen LogP contribution in [0.1, 0.15) is 21.2 Å². The molecule has 0 unspecified atom stereocenters. The summed E-state index contributed by atoms with van der Waals surface area (Å²) in [6.07, 6.45) is 0. The van der Waals surface area contributed by atoms with Crippen molar-refractivity contribution in [2.45, 2.75) is 13.5 Å². The number of hydrogen-bond donors (Lipinski definition) is 2. The average molecular weight is 396 g/mol. The van der Waals surface area contributed by atoms with Gasteiger partial charge >= 0.3 is 0 Å². The monoisotopic (exact) mass is 396 g/mol. The van der Waals surface area contributed by atoms with E-state index in [9.17, 15) is 13.6 Å². The summed E-state index contributed by atoms with van der Waals surface area (Å²) in [7, 11) is 1.56. The minimum atomic E-state index is -0.715. The smallest absolute Gasteiger partial charge is 0.279 e. The van der Waals surface area contributed by atoms with Gasteiger partial charge in [0.05, 0.1) is 17.3 Å². The first-order valence-corrected chi connectivity index (χ1v) is 9.09. The first-order chi connectivity index (χ1) is 12.4. The summed E-state index contributed by atoms with van der Waals surface area (Å²) < 4.78 is 31.7. The molecule has 0 aliphatic heterocycles. The molecule has 6 nitrogen and oxygen atoms in total. The maximum atomic E-state index is 13.4. The van der Waals surface area contributed by atoms with Gasteiger partial charge in [-0.3, -0.25) is 10.1 Å². The molecule has 0 atom stereocenters. The van der Waals surface area contributed by atoms with Crippen LogP contribution in [0, 0.1) is 18.6 Å². The van der Waals surface area contributed by atoms with Gasteiger partial charge in [0.15, 0.2) is 10.8 Å². The molecule has 1 aromatic carbocycles. The van der Waals surface area contributed by atoms with E-state index in [2.05, 4.69) is 20.6 Å². The van der Waals surface area contributed by atoms with Crippen LogP contribution in [-0.2, 0) is 11.3 Å². The third-order valence-electron chi connectivity index (χ3n) is 3.13. The zero-order valence-electron chi connectivity index (χ0n) is 13.8. The van der Waals surface area contributed by atoms with Crippen molar-refractivity contribution >= 4 is 44.4 Å². The van der Waals surface area contributed by atoms with Gasteiger partial charge in [0, 0.05) is 24.2 Å². The Morgan fingerprint density at radius 1 is 1.23 bits per heavy atom. The molecule has 0 aliphatic rings. The van der Waals surface area contributed by atoms with E-state index in [0.717, 1.165) is 18.2 Å². The molecular weight excluding hydrogens is 382 g/mol. The topological polar surface area (TPSA) is 76.1 Å². The molecular formula is C16H14F2N4O2S2. The zero-order valence-corrected chi connectivity index (χ0v) is 15.4. The van der Waals surface area contributed by atoms with Gasteiger partial charge in [-0.25, -0.2) is 18.7 Å². The van der Waals surface area contributed by atoms with Crippen molar-refractivity contribution in [2.75, 3.05) is 17.7 Å². The summed E-state index contributed by atoms with van der Waals surface area (Å²) in [6.45, 7) is 2.08. The Morgan fingerprint density at radius 3 is 2.65 bits per heavy atom. The minimum absolute atomic E-state index is 0.126. The van der Waals surface area contributed by atoms with Crippen LogP contribution in [0.2, 0.25) is 0 Å². The fourth-order valence-corrected chi connectivity index (χ4v) is 3.68. The summed E-state index contributed by atoms with van der Waals surface area (Å²) >= 11 is 2.47. The molecule has 136 valence electrons. The molecule has 0 bridgehead atoms. The number of methoxy groups -OCH3 is 1. The Bertz CT molecular complexity index is 922. The van der Waals surface area contributed by atoms with Crippen LogP contribution in [0.4, 0.5) is 24.6 Å². The molecule has 0 fully saturated rings. The number of carbonyl (C=O) groups is 1. The fourth-order valence-electron chi connectivity index (χ4n) is 2.16. The predicted octanol–water partition coefficient (Wildman–Crippen LogP) is 4.33. The van der Waals surface area contributed by atoms with Crippen molar-refractivity contribution in [1.29, 1.82) is 0 Å². The zero-order chi connectivity index (χ0) is 18.7. The summed E-state index contributed by atoms with van der Waals surface area (Å²) in [6, 6.07) is 3.05. The summed E-state index contributed by atoms with van der Waals surface area (Å²) in [4.78, 5) is 20.9. The molecule has 3 rings (SSSR count). The van der Waals surface area contributed by atoms with Gasteiger partial charge in [0.2, 0.25) is 0 Å². The number of amides is 1. The van der Waals surface area contributed by atoms with E-state index in [1.54, 1.807) is 19.4 Å². The lowest BCUT2D eigenvalue weighted by Crippen LogP contribution is -2.14. The first-order valence-electron chi connectivity index (χ1n) is 7.40. The normalized spacial score (nSPS) is 10.8. The number of thiazole rings is 2. The van der Waals surface area contributed by atoms with E-state index in [1.807, 2.05) is 0 Å². The Labute approximate surface area is 155 Å². The maximum Gasteiger partial charge on any atom is 0.279 e. The van der Waals surface area contributed by atoms with E-state index in [1.165, 1.54) is 22.7 Å². The van der Waals surface area contributed by atoms with E-state index >= 15 is 0 Å². The van der Waals surface area contributed by atoms with Crippen molar-refractivity contribution in [3.8, 4) is 0 Å². The number of halogens is 2. The van der Waals surface area contributed by atoms with Gasteiger partial charge in [0.1, 0.15) is 16.6 Å². The number of hydrogen-bond acceptors (Lipinski definition) is 7. The third-order valence-corrected chi connectivity index (χ3v) is 4.83. The number of nitrogens with zero attached hydrogens (tertiary/aromatic N) is 2. The lowest BCUT2D eigenvalue weighted by Gasteiger charge is -2.06. The standard InChI is InChI=1S/C16H14F2N4O2S2/c1-8-19-13(14(23)22-16-21-12(6-24-2)7-25-16)15(26-8)20-11-4-9(17)3-10(18)5-11/h3-5,7,20H,6H2,1-2H3,(H,21,22,23). The van der Waals surface area contributed by atoms with Crippen LogP contribution < -0.4 is 10.6 Å². The number of aromatic nitrogens is 2. The molecule has 26 heavy (non-hydrogen) atoms. The third kappa shape index (κ3) is 4.40. The molecule has 3 aromatic rings. The predicted molar refractivity (Wildman–Crippen MR) is 97.3 cm³/mol. The van der Waals surface area contributed by atoms with Crippen LogP contribution in [0.5, 0.6) is 0 Å². The molecule has 0 saturated heterocycles. The van der Waals surface area contributed by atoms with Crippen LogP contribution in [0.15, 0.2) is 23.6 Å². The minimum Gasteiger partial charge on any atom is -0.378 e. The number of anilines is 3. The second kappa shape index (κ2) is 7.85. The molecule has 0 saturated carbocycles. The van der Waals surface area contributed by atoms with Gasteiger partial charge in [-0.15, -0.1) is 22.7 Å². The highest BCUT2D eigenvalue weighted by atomic mass is 32.1. The Balaban J connectivity index is 1.80. The Hall–Kier alpha value is -2.43. The number of ether oxygens (including phenoxy) is 1. The highest BCUT2D eigenvalue weighted by Crippen LogP contribution is 2.29. The molecule has 0 aliphatic carbocycles. The van der Waals surface area contributed by atoms with Crippen LogP contribution >= 0.6 is 22.7 Å². The van der Waals surface area contributed by atoms with Crippen LogP contribution in [-0.4, -0.2) is 23.0 Å². The van der Waals surface area contributed by atoms with Crippen molar-refractivity contribution in [1.82, 2.24) is 9.97 Å². The van der Waals surface area contributed by atoms with Gasteiger partial charge in [-0.2, -0.15) is 0 Å². The van der Waals surface area contributed by atoms with E-state index in [0.29, 0.717) is 27.4 Å². The summed E-state index contributed by atoms with van der Waals surface area (Å²) in [5.74, 6) is -1.89. The first kappa shape index (κ1) is 18.4. The molecule has 0 spiro atoms. The fraction of sp³-hybridized carbons (Fsp3) is 0.188. The van der Waals surface area contributed by atoms with Crippen LogP contribution in [0.25, 0.3) is 0 Å². The van der Waals surface area contributed by atoms with Crippen molar-refractivity contribution in [3.63, 3.8) is 0 Å². The van der Waals surface area contributed by atoms with Crippen LogP contribution in [0.3, 0.4) is 0 Å². The van der Waals surface area contributed by atoms with Crippen molar-refractivity contribution in [3.05, 3.63) is 51.6 Å². The number of nitrogens with one attached hydrogen (secondary N) is 2. The van der Waals surface area contributed by atoms with E-state index < -0.39 is 17.5 Å². The van der Waals surface area contributed by atoms with Gasteiger partial charge < -0.3 is 10.1 Å². The average Bonchev–Trinajstić information content (AvgIpc) is 3.13. The summed E-state index contributed by atoms with van der Waals surface area (Å²) in [5.41, 5.74) is 1.02. The maximum absolute atomic E-state index is 13.4. The van der Waals surface area contributed by atoms with Crippen molar-refractivity contribution in [2.24, 2.45) is 0 Å². The van der Waals surface area contributed by atoms with Crippen molar-refractivity contribution < 1.29 is 18.3 Å². The highest BCUT2D eigenvalue weighted by molar-refractivity contribution is 7.16. The second-order valence-corrected chi connectivity index (χ2v) is 7.29. The number of carbonyl (C=O) groups excluding carboxylic acids is 1. The lowest BCUT2D eigenvalue weighted by molar-refractivity contribution is 0.102. The quantitative estimate of drug-likeness (QED) is 0.649. The molecule has 2 heterocycles. The van der Waals surface area contributed by atoms with Gasteiger partial charge in [-0.05, 0) is 19.1 Å². The van der Waals surface area contributed by atoms with Gasteiger partial charge in [0.25, 0.3) is 5.91 Å². The highest BCUT2D eigenvalue weighted by Gasteiger charge is 2.19. The molecule has 1 amide bonds. The molecule has 0 radical (unpaired) electrons. The second-order valence-electron chi connectivity index (χ2n) is 5.22. The Morgan fingerprint density at radius 2 is 1.96 bits per heavy atom. The number of rotatable bonds is 6. The molecule has 2 N–H and O–H groups in total. The summed E-state index contributed by atoms with van der Waals surface area (Å²) in [5, 5.41) is 8.72. The number of benzene rings is 1.